The average molecular weight is 882 g/mol. The summed E-state index contributed by atoms with van der Waals surface area (Å²) in [7, 11) is 0. The van der Waals surface area contributed by atoms with Crippen molar-refractivity contribution in [3.63, 3.8) is 0 Å². The van der Waals surface area contributed by atoms with Crippen molar-refractivity contribution in [2.75, 3.05) is 0 Å². The van der Waals surface area contributed by atoms with Crippen LogP contribution in [0.5, 0.6) is 23.0 Å². The van der Waals surface area contributed by atoms with E-state index in [0.717, 1.165) is 98.1 Å². The van der Waals surface area contributed by atoms with Crippen LogP contribution in [-0.2, 0) is 42.2 Å². The zero-order chi connectivity index (χ0) is 44.5. The van der Waals surface area contributed by atoms with Crippen molar-refractivity contribution in [2.24, 2.45) is 9.98 Å². The van der Waals surface area contributed by atoms with Crippen LogP contribution in [0.3, 0.4) is 0 Å². The minimum Gasteiger partial charge on any atom is -0.545 e. The molecule has 4 aromatic rings. The van der Waals surface area contributed by atoms with E-state index >= 15 is 0 Å². The number of benzene rings is 4. The molecule has 0 unspecified atom stereocenters. The molecule has 0 aromatic heterocycles. The molecule has 61 heavy (non-hydrogen) atoms. The van der Waals surface area contributed by atoms with Gasteiger partial charge in [0.1, 0.15) is 0 Å². The quantitative estimate of drug-likeness (QED) is 0.0362. The number of aliphatic imine (C=N–C) groups is 2. The molecule has 0 heterocycles. The van der Waals surface area contributed by atoms with Crippen molar-refractivity contribution in [1.82, 2.24) is 0 Å². The average Bonchev–Trinajstić information content (AvgIpc) is 3.23. The molecule has 0 aliphatic rings. The summed E-state index contributed by atoms with van der Waals surface area (Å²) in [6, 6.07) is 23.4. The predicted octanol–water partition coefficient (Wildman–Crippen LogP) is 10.4. The maximum Gasteiger partial charge on any atom is 2.00 e. The van der Waals surface area contributed by atoms with Gasteiger partial charge in [0.05, 0.1) is 34.7 Å². The molecule has 11 heteroatoms. The third-order valence-corrected chi connectivity index (χ3v) is 9.88. The Balaban J connectivity index is 0.000000461. The van der Waals surface area contributed by atoms with E-state index < -0.39 is 34.9 Å². The molecule has 0 atom stereocenters. The first-order chi connectivity index (χ1) is 28.9. The standard InChI is InChI=1S/C22H28N2.2C14H20O4.Ni/c1-3-5-17-21(23-19-13-9-7-10-14-19)22(18-6-4-2)24-20-15-11-8-12-16-20;2*1-3-5-7-10-9(6-4-2)8-11(15)13(16)12(10)14(17)18;/h7-16H,3-6,17-18H2,1-2H3;2*8,15-16H,3-7H2,1-2H3,(H,17,18);/q;;;+2/p-2. The fourth-order valence-corrected chi connectivity index (χ4v) is 6.74. The zero-order valence-corrected chi connectivity index (χ0v) is 37.9. The van der Waals surface area contributed by atoms with Crippen LogP contribution in [-0.4, -0.2) is 43.8 Å². The normalized spacial score (nSPS) is 11.1. The Morgan fingerprint density at radius 2 is 0.820 bits per heavy atom. The Bertz CT molecular complexity index is 1840. The fraction of sp³-hybridized carbons (Fsp3) is 0.440. The van der Waals surface area contributed by atoms with Gasteiger partial charge in [-0.3, -0.25) is 9.98 Å². The fourth-order valence-electron chi connectivity index (χ4n) is 6.74. The number of aromatic carboxylic acids is 2. The molecule has 4 rings (SSSR count). The summed E-state index contributed by atoms with van der Waals surface area (Å²) in [6.07, 6.45) is 14.3. The largest absolute Gasteiger partial charge is 2.00 e. The van der Waals surface area contributed by atoms with Gasteiger partial charge < -0.3 is 40.2 Å². The van der Waals surface area contributed by atoms with Crippen molar-refractivity contribution < 1.29 is 56.7 Å². The van der Waals surface area contributed by atoms with E-state index in [1.807, 2.05) is 64.1 Å². The first kappa shape index (κ1) is 53.9. The maximum absolute atomic E-state index is 11.1. The predicted molar refractivity (Wildman–Crippen MR) is 240 cm³/mol. The number of carboxylic acid groups (broad SMARTS) is 2. The van der Waals surface area contributed by atoms with Gasteiger partial charge in [0.15, 0.2) is 23.0 Å². The summed E-state index contributed by atoms with van der Waals surface area (Å²) in [5, 5.41) is 60.7. The Kier molecular flexibility index (Phi) is 26.5. The van der Waals surface area contributed by atoms with Crippen LogP contribution in [0.1, 0.15) is 162 Å². The number of para-hydroxylation sites is 2. The number of carboxylic acids is 2. The summed E-state index contributed by atoms with van der Waals surface area (Å²) in [4.78, 5) is 32.1. The SMILES string of the molecule is CCCCC(=Nc1ccccc1)C(CCCC)=Nc1ccccc1.CCCCc1c(CCC)cc(O)c(O)c1C(=O)[O-].CCCCc1c(CCC)cc(O)c(O)c1C(=O)[O-].[Ni+2]. The molecule has 334 valence electrons. The van der Waals surface area contributed by atoms with Crippen molar-refractivity contribution in [1.29, 1.82) is 0 Å². The monoisotopic (exact) mass is 880 g/mol. The van der Waals surface area contributed by atoms with Crippen LogP contribution < -0.4 is 10.2 Å². The summed E-state index contributed by atoms with van der Waals surface area (Å²) in [5.74, 6) is -4.82. The Labute approximate surface area is 373 Å². The van der Waals surface area contributed by atoms with E-state index in [1.165, 1.54) is 25.0 Å². The molecule has 0 fully saturated rings. The number of carbonyl (C=O) groups is 2. The molecule has 0 aliphatic carbocycles. The molecule has 4 aromatic carbocycles. The first-order valence-electron chi connectivity index (χ1n) is 21.7. The van der Waals surface area contributed by atoms with Crippen molar-refractivity contribution >= 4 is 34.7 Å². The smallest absolute Gasteiger partial charge is 0.545 e. The van der Waals surface area contributed by atoms with Gasteiger partial charge in [0.25, 0.3) is 0 Å². The molecular formula is C50H66N2NiO8. The number of aromatic hydroxyl groups is 4. The number of nitrogens with zero attached hydrogens (tertiary/aromatic N) is 2. The molecule has 4 N–H and O–H groups in total. The molecular weight excluding hydrogens is 815 g/mol. The molecule has 0 amide bonds. The number of hydrogen-bond donors (Lipinski definition) is 4. The number of phenols is 4. The van der Waals surface area contributed by atoms with E-state index in [4.69, 9.17) is 9.98 Å². The van der Waals surface area contributed by atoms with Crippen LogP contribution in [0, 0.1) is 0 Å². The number of rotatable bonds is 21. The number of hydrogen-bond acceptors (Lipinski definition) is 10. The maximum atomic E-state index is 11.1. The van der Waals surface area contributed by atoms with Crippen LogP contribution >= 0.6 is 0 Å². The molecule has 0 aliphatic heterocycles. The third-order valence-electron chi connectivity index (χ3n) is 9.88. The van der Waals surface area contributed by atoms with Gasteiger partial charge in [0.2, 0.25) is 0 Å². The number of aryl methyl sites for hydroxylation is 2. The third kappa shape index (κ3) is 17.8. The second-order valence-corrected chi connectivity index (χ2v) is 14.8. The molecule has 0 bridgehead atoms. The molecule has 0 spiro atoms. The van der Waals surface area contributed by atoms with Gasteiger partial charge in [-0.05, 0) is 123 Å². The second-order valence-electron chi connectivity index (χ2n) is 14.8. The van der Waals surface area contributed by atoms with E-state index in [9.17, 15) is 40.2 Å². The minimum absolute atomic E-state index is 0. The Hall–Kier alpha value is -5.15. The summed E-state index contributed by atoms with van der Waals surface area (Å²) in [6.45, 7) is 12.4. The van der Waals surface area contributed by atoms with Crippen molar-refractivity contribution in [2.45, 2.75) is 144 Å². The molecule has 0 saturated carbocycles. The summed E-state index contributed by atoms with van der Waals surface area (Å²) >= 11 is 0. The molecule has 0 saturated heterocycles. The van der Waals surface area contributed by atoms with Gasteiger partial charge in [-0.25, -0.2) is 0 Å². The Morgan fingerprint density at radius 1 is 0.492 bits per heavy atom. The summed E-state index contributed by atoms with van der Waals surface area (Å²) < 4.78 is 0. The summed E-state index contributed by atoms with van der Waals surface area (Å²) in [5.41, 5.74) is 6.53. The number of carbonyl (C=O) groups excluding carboxylic acids is 2. The molecule has 10 nitrogen and oxygen atoms in total. The molecule has 0 radical (unpaired) electrons. The topological polar surface area (TPSA) is 186 Å². The number of unbranched alkanes of at least 4 members (excludes halogenated alkanes) is 4. The van der Waals surface area contributed by atoms with Gasteiger partial charge in [-0.1, -0.05) is 116 Å². The Morgan fingerprint density at radius 3 is 1.10 bits per heavy atom. The second kappa shape index (κ2) is 30.0. The van der Waals surface area contributed by atoms with Crippen LogP contribution in [0.2, 0.25) is 0 Å². The van der Waals surface area contributed by atoms with Crippen LogP contribution in [0.15, 0.2) is 82.8 Å². The minimum atomic E-state index is -1.44. The van der Waals surface area contributed by atoms with Gasteiger partial charge in [0, 0.05) is 11.1 Å². The van der Waals surface area contributed by atoms with Crippen LogP contribution in [0.4, 0.5) is 11.4 Å². The van der Waals surface area contributed by atoms with Crippen molar-refractivity contribution in [3.8, 4) is 23.0 Å². The zero-order valence-electron chi connectivity index (χ0n) is 36.9. The number of phenolic OH excluding ortho intramolecular Hbond substituents is 2. The van der Waals surface area contributed by atoms with Crippen molar-refractivity contribution in [3.05, 3.63) is 106 Å². The van der Waals surface area contributed by atoms with Gasteiger partial charge >= 0.3 is 16.5 Å². The van der Waals surface area contributed by atoms with E-state index in [1.54, 1.807) is 0 Å². The van der Waals surface area contributed by atoms with Gasteiger partial charge in [-0.2, -0.15) is 0 Å². The van der Waals surface area contributed by atoms with Gasteiger partial charge in [-0.15, -0.1) is 0 Å². The van der Waals surface area contributed by atoms with E-state index in [2.05, 4.69) is 38.1 Å². The van der Waals surface area contributed by atoms with E-state index in [-0.39, 0.29) is 27.6 Å². The first-order valence-corrected chi connectivity index (χ1v) is 21.7. The van der Waals surface area contributed by atoms with Crippen LogP contribution in [0.25, 0.3) is 0 Å². The van der Waals surface area contributed by atoms with E-state index in [0.29, 0.717) is 36.8 Å².